The summed E-state index contributed by atoms with van der Waals surface area (Å²) >= 11 is 6.49. The minimum atomic E-state index is -0.326. The summed E-state index contributed by atoms with van der Waals surface area (Å²) < 4.78 is 18.7. The lowest BCUT2D eigenvalue weighted by Gasteiger charge is -2.09. The van der Waals surface area contributed by atoms with Crippen LogP contribution >= 0.6 is 11.6 Å². The van der Waals surface area contributed by atoms with Gasteiger partial charge in [0, 0.05) is 0 Å². The summed E-state index contributed by atoms with van der Waals surface area (Å²) in [5.74, 6) is 1.86. The molecule has 0 saturated carbocycles. The van der Waals surface area contributed by atoms with Crippen molar-refractivity contribution in [2.75, 3.05) is 7.11 Å². The number of methoxy groups -OCH3 is 1. The molecule has 7 nitrogen and oxygen atoms in total. The molecule has 0 unspecified atom stereocenters. The molecular formula is C31H22ClN3O4. The molecule has 2 heterocycles. The number of hydrogen-bond donors (Lipinski definition) is 0. The highest BCUT2D eigenvalue weighted by molar-refractivity contribution is 6.32. The molecule has 0 amide bonds. The van der Waals surface area contributed by atoms with Gasteiger partial charge in [0.25, 0.3) is 5.56 Å². The highest BCUT2D eigenvalue weighted by Gasteiger charge is 2.18. The molecule has 0 aliphatic heterocycles. The molecule has 6 rings (SSSR count). The summed E-state index contributed by atoms with van der Waals surface area (Å²) in [6.07, 6.45) is 1.55. The van der Waals surface area contributed by atoms with Crippen LogP contribution in [0.5, 0.6) is 11.5 Å². The van der Waals surface area contributed by atoms with Crippen molar-refractivity contribution in [1.82, 2.24) is 9.66 Å². The molecule has 0 aliphatic rings. The van der Waals surface area contributed by atoms with E-state index >= 15 is 0 Å². The first-order valence-corrected chi connectivity index (χ1v) is 12.6. The number of rotatable bonds is 7. The molecule has 0 aliphatic carbocycles. The molecule has 0 spiro atoms. The Morgan fingerprint density at radius 3 is 2.56 bits per heavy atom. The highest BCUT2D eigenvalue weighted by atomic mass is 35.5. The Labute approximate surface area is 228 Å². The van der Waals surface area contributed by atoms with E-state index in [0.717, 1.165) is 10.9 Å². The quantitative estimate of drug-likeness (QED) is 0.207. The predicted octanol–water partition coefficient (Wildman–Crippen LogP) is 6.93. The van der Waals surface area contributed by atoms with E-state index in [4.69, 9.17) is 30.5 Å². The van der Waals surface area contributed by atoms with Crippen molar-refractivity contribution in [2.24, 2.45) is 5.10 Å². The van der Waals surface area contributed by atoms with Gasteiger partial charge in [0.1, 0.15) is 23.7 Å². The molecule has 8 heteroatoms. The van der Waals surface area contributed by atoms with Crippen LogP contribution in [0.4, 0.5) is 0 Å². The van der Waals surface area contributed by atoms with Crippen LogP contribution in [0.1, 0.15) is 11.1 Å². The fraction of sp³-hybridized carbons (Fsp3) is 0.0645. The maximum Gasteiger partial charge on any atom is 0.282 e. The lowest BCUT2D eigenvalue weighted by atomic mass is 10.2. The molecule has 39 heavy (non-hydrogen) atoms. The van der Waals surface area contributed by atoms with Crippen molar-refractivity contribution < 1.29 is 13.9 Å². The van der Waals surface area contributed by atoms with Crippen molar-refractivity contribution in [3.63, 3.8) is 0 Å². The van der Waals surface area contributed by atoms with Gasteiger partial charge in [-0.2, -0.15) is 9.78 Å². The second kappa shape index (κ2) is 10.5. The minimum Gasteiger partial charge on any atom is -0.496 e. The zero-order chi connectivity index (χ0) is 26.8. The van der Waals surface area contributed by atoms with Crippen molar-refractivity contribution >= 4 is 39.7 Å². The topological polar surface area (TPSA) is 78.9 Å². The van der Waals surface area contributed by atoms with Crippen LogP contribution in [0.2, 0.25) is 5.02 Å². The number of aromatic nitrogens is 2. The van der Waals surface area contributed by atoms with E-state index in [9.17, 15) is 4.79 Å². The molecule has 0 atom stereocenters. The van der Waals surface area contributed by atoms with E-state index in [-0.39, 0.29) is 11.4 Å². The van der Waals surface area contributed by atoms with E-state index in [1.165, 1.54) is 4.68 Å². The minimum absolute atomic E-state index is 0.266. The third kappa shape index (κ3) is 4.87. The summed E-state index contributed by atoms with van der Waals surface area (Å²) in [5.41, 5.74) is 2.55. The zero-order valence-electron chi connectivity index (χ0n) is 20.9. The maximum atomic E-state index is 13.5. The Hall–Kier alpha value is -4.88. The van der Waals surface area contributed by atoms with Crippen LogP contribution in [0.25, 0.3) is 33.5 Å². The summed E-state index contributed by atoms with van der Waals surface area (Å²) in [5, 5.41) is 6.15. The van der Waals surface area contributed by atoms with Gasteiger partial charge in [-0.25, -0.2) is 4.98 Å². The van der Waals surface area contributed by atoms with E-state index in [1.54, 1.807) is 49.7 Å². The molecule has 0 saturated heterocycles. The van der Waals surface area contributed by atoms with Gasteiger partial charge in [-0.3, -0.25) is 4.79 Å². The van der Waals surface area contributed by atoms with Gasteiger partial charge < -0.3 is 13.9 Å². The number of benzene rings is 4. The number of para-hydroxylation sites is 1. The number of hydrogen-bond acceptors (Lipinski definition) is 6. The molecule has 192 valence electrons. The van der Waals surface area contributed by atoms with Crippen LogP contribution in [0, 0.1) is 0 Å². The third-order valence-electron chi connectivity index (χ3n) is 6.23. The molecule has 0 radical (unpaired) electrons. The second-order valence-electron chi connectivity index (χ2n) is 8.76. The van der Waals surface area contributed by atoms with Gasteiger partial charge in [0.05, 0.1) is 34.6 Å². The molecule has 6 aromatic rings. The summed E-state index contributed by atoms with van der Waals surface area (Å²) in [4.78, 5) is 18.2. The largest absolute Gasteiger partial charge is 0.496 e. The van der Waals surface area contributed by atoms with Gasteiger partial charge in [-0.15, -0.1) is 0 Å². The average Bonchev–Trinajstić information content (AvgIpc) is 3.41. The van der Waals surface area contributed by atoms with E-state index < -0.39 is 0 Å². The number of halogens is 1. The summed E-state index contributed by atoms with van der Waals surface area (Å²) in [7, 11) is 1.60. The van der Waals surface area contributed by atoms with E-state index in [1.807, 2.05) is 60.7 Å². The number of fused-ring (bicyclic) bond motifs is 2. The summed E-state index contributed by atoms with van der Waals surface area (Å²) in [6, 6.07) is 29.6. The number of nitrogens with zero attached hydrogens (tertiary/aromatic N) is 3. The monoisotopic (exact) mass is 535 g/mol. The Balaban J connectivity index is 1.38. The first kappa shape index (κ1) is 24.5. The SMILES string of the molecule is COc1cccc2oc(-c3nc4ccccc4c(=O)n3N=Cc3ccc(OCc4ccccc4)c(Cl)c3)cc12. The predicted molar refractivity (Wildman–Crippen MR) is 153 cm³/mol. The molecule has 4 aromatic carbocycles. The Morgan fingerprint density at radius 1 is 0.923 bits per heavy atom. The fourth-order valence-electron chi connectivity index (χ4n) is 4.29. The fourth-order valence-corrected chi connectivity index (χ4v) is 4.53. The van der Waals surface area contributed by atoms with Gasteiger partial charge in [-0.05, 0) is 59.7 Å². The van der Waals surface area contributed by atoms with Crippen LogP contribution in [0.3, 0.4) is 0 Å². The van der Waals surface area contributed by atoms with Crippen LogP contribution < -0.4 is 15.0 Å². The maximum absolute atomic E-state index is 13.5. The Bertz CT molecular complexity index is 1890. The van der Waals surface area contributed by atoms with Crippen LogP contribution in [-0.4, -0.2) is 23.0 Å². The standard InChI is InChI=1S/C31H22ClN3O4/c1-37-26-12-7-13-27-23(26)17-29(39-27)30-34-25-11-6-5-10-22(25)31(36)35(30)33-18-21-14-15-28(24(32)16-21)38-19-20-8-3-2-4-9-20/h2-18H,19H2,1H3. The summed E-state index contributed by atoms with van der Waals surface area (Å²) in [6.45, 7) is 0.401. The first-order valence-electron chi connectivity index (χ1n) is 12.2. The molecule has 0 N–H and O–H groups in total. The van der Waals surface area contributed by atoms with Crippen molar-refractivity contribution in [2.45, 2.75) is 6.61 Å². The Kier molecular flexibility index (Phi) is 6.57. The zero-order valence-corrected chi connectivity index (χ0v) is 21.6. The molecule has 0 fully saturated rings. The number of ether oxygens (including phenoxy) is 2. The van der Waals surface area contributed by atoms with E-state index in [0.29, 0.717) is 50.9 Å². The van der Waals surface area contributed by atoms with Crippen LogP contribution in [-0.2, 0) is 6.61 Å². The van der Waals surface area contributed by atoms with Gasteiger partial charge in [0.2, 0.25) is 5.82 Å². The highest BCUT2D eigenvalue weighted by Crippen LogP contribution is 2.33. The third-order valence-corrected chi connectivity index (χ3v) is 6.53. The Morgan fingerprint density at radius 2 is 1.74 bits per heavy atom. The average molecular weight is 536 g/mol. The van der Waals surface area contributed by atoms with Gasteiger partial charge in [-0.1, -0.05) is 60.1 Å². The molecular weight excluding hydrogens is 514 g/mol. The van der Waals surface area contributed by atoms with Crippen molar-refractivity contribution in [3.05, 3.63) is 124 Å². The lowest BCUT2D eigenvalue weighted by molar-refractivity contribution is 0.306. The normalized spacial score (nSPS) is 11.4. The first-order chi connectivity index (χ1) is 19.1. The molecule has 2 aromatic heterocycles. The second-order valence-corrected chi connectivity index (χ2v) is 9.17. The van der Waals surface area contributed by atoms with Crippen molar-refractivity contribution in [1.29, 1.82) is 0 Å². The van der Waals surface area contributed by atoms with Gasteiger partial charge >= 0.3 is 0 Å². The number of furan rings is 1. The molecule has 0 bridgehead atoms. The van der Waals surface area contributed by atoms with E-state index in [2.05, 4.69) is 5.10 Å². The van der Waals surface area contributed by atoms with Gasteiger partial charge in [0.15, 0.2) is 5.76 Å². The van der Waals surface area contributed by atoms with Crippen molar-refractivity contribution in [3.8, 4) is 23.1 Å². The van der Waals surface area contributed by atoms with Crippen LogP contribution in [0.15, 0.2) is 111 Å². The smallest absolute Gasteiger partial charge is 0.282 e. The lowest BCUT2D eigenvalue weighted by Crippen LogP contribution is -2.20.